The number of imide groups is 1. The van der Waals surface area contributed by atoms with Crippen molar-refractivity contribution in [3.8, 4) is 0 Å². The number of nitrogens with zero attached hydrogens (tertiary/aromatic N) is 4. The molecule has 796 valence electrons. The van der Waals surface area contributed by atoms with E-state index < -0.39 is 107 Å². The first-order chi connectivity index (χ1) is 68.8. The number of carbonyl (C=O) groups is 16. The van der Waals surface area contributed by atoms with Gasteiger partial charge in [-0.1, -0.05) is 166 Å². The van der Waals surface area contributed by atoms with Crippen LogP contribution in [-0.2, 0) is 133 Å². The number of hydroxylamine groups is 2. The summed E-state index contributed by atoms with van der Waals surface area (Å²) in [5.41, 5.74) is 8.69. The fourth-order valence-corrected chi connectivity index (χ4v) is 14.5. The van der Waals surface area contributed by atoms with Gasteiger partial charge >= 0.3 is 66.3 Å². The Morgan fingerprint density at radius 3 is 0.924 bits per heavy atom. The number of ether oxygens (including phenoxy) is 9. The molecule has 0 radical (unpaired) electrons. The molecular weight excluding hydrogens is 1860 g/mol. The number of hydrogen-bond acceptors (Lipinski definition) is 28. The van der Waals surface area contributed by atoms with Crippen LogP contribution in [0.25, 0.3) is 0 Å². The van der Waals surface area contributed by atoms with E-state index in [1.165, 1.54) is 9.80 Å². The van der Waals surface area contributed by atoms with Crippen molar-refractivity contribution in [3.05, 3.63) is 179 Å². The number of hydrogen-bond donors (Lipinski definition) is 8. The fraction of sp³-hybridized carbons (Fsp3) is 0.566. The molecule has 144 heavy (non-hydrogen) atoms. The molecule has 0 spiro atoms. The molecule has 5 aromatic rings. The Labute approximate surface area is 847 Å². The van der Waals surface area contributed by atoms with Crippen LogP contribution in [0, 0.1) is 0 Å². The van der Waals surface area contributed by atoms with Crippen molar-refractivity contribution in [2.45, 2.75) is 324 Å². The van der Waals surface area contributed by atoms with E-state index in [1.807, 2.05) is 228 Å². The van der Waals surface area contributed by atoms with E-state index in [2.05, 4.69) is 31.9 Å². The number of benzene rings is 5. The standard InChI is InChI=1S/C24H38N2O6.C22H27N3O7.C22H32N2O5.C18H24N2O5.C18H28N2O4.C2H6/c1-5-30-21(27)15-11-17-25-20(22(28)32-24(2,3)4)14-9-10-16-26-23(29)31-18-19-12-7-6-8-13-19;26-18-10-6-14-24(18)17(21(29)32-25-19(27)11-12-20(25)28)9-4-5-13-23-22(30)31-15-16-7-2-1-3-8-16;1-22(2,3)29-20(26)18(24-15-9-13-19(24)25)12-7-8-14-23-21(27)28-16-17-10-5-4-6-11-17;21-16-10-6-12-20(16)15(17(22)23)9-4-5-11-19-18(24)25-13-14-7-2-1-3-8-14;1-18(2,3)24-16(21)15(19)11-7-8-12-20-17(22)23-13-14-9-5-4-6-10-14;1-2/h6-8,12-13,20,25H,5,9-11,14-18H2,1-4H3,(H,26,29);1-3,7-8,17H,4-6,9-15H2,(H,23,30);4-6,10-11,18H,7-9,12-16H2,1-3H3,(H,23,27);1-3,7-8,15H,4-6,9-13H2,(H,19,24)(H,22,23);4-6,9-10,15H,7-8,11-13,19H2,1-3H3,(H,20,22);1-2H3/t20-;17-;18-;2*15-;/m00000./s1. The minimum atomic E-state index is -0.967. The predicted molar refractivity (Wildman–Crippen MR) is 536 cm³/mol. The van der Waals surface area contributed by atoms with Gasteiger partial charge in [0.05, 0.1) is 6.61 Å². The topological polar surface area (TPSA) is 497 Å². The first-order valence-electron chi connectivity index (χ1n) is 50.0. The molecule has 38 nitrogen and oxygen atoms in total. The Morgan fingerprint density at radius 1 is 0.340 bits per heavy atom. The number of amides is 10. The number of nitrogens with two attached hydrogens (primary N) is 1. The van der Waals surface area contributed by atoms with Gasteiger partial charge in [0, 0.05) is 90.9 Å². The molecule has 0 saturated carbocycles. The highest BCUT2D eigenvalue weighted by Crippen LogP contribution is 2.26. The maximum absolute atomic E-state index is 12.7. The molecule has 4 fully saturated rings. The number of aliphatic carboxylic acids is 1. The Kier molecular flexibility index (Phi) is 59.5. The molecule has 0 unspecified atom stereocenters. The van der Waals surface area contributed by atoms with Crippen molar-refractivity contribution in [2.75, 3.05) is 65.5 Å². The molecule has 9 rings (SSSR count). The minimum absolute atomic E-state index is 0.00322. The van der Waals surface area contributed by atoms with Gasteiger partial charge in [-0.3, -0.25) is 38.4 Å². The fourth-order valence-electron chi connectivity index (χ4n) is 14.5. The van der Waals surface area contributed by atoms with E-state index >= 15 is 0 Å². The molecule has 0 aromatic heterocycles. The van der Waals surface area contributed by atoms with E-state index in [0.29, 0.717) is 193 Å². The summed E-state index contributed by atoms with van der Waals surface area (Å²) in [5.74, 6) is -4.43. The number of rotatable bonds is 50. The van der Waals surface area contributed by atoms with Crippen LogP contribution in [0.1, 0.15) is 271 Å². The lowest BCUT2D eigenvalue weighted by molar-refractivity contribution is -0.201. The second-order valence-electron chi connectivity index (χ2n) is 37.0. The van der Waals surface area contributed by atoms with Crippen LogP contribution in [0.4, 0.5) is 24.0 Å². The van der Waals surface area contributed by atoms with Gasteiger partial charge in [0.2, 0.25) is 17.7 Å². The summed E-state index contributed by atoms with van der Waals surface area (Å²) >= 11 is 0. The number of carboxylic acids is 1. The highest BCUT2D eigenvalue weighted by atomic mass is 16.7. The van der Waals surface area contributed by atoms with Gasteiger partial charge in [-0.25, -0.2) is 38.4 Å². The van der Waals surface area contributed by atoms with Gasteiger partial charge in [-0.15, -0.1) is 5.06 Å². The number of likely N-dealkylation sites (tertiary alicyclic amines) is 3. The van der Waals surface area contributed by atoms with Crippen molar-refractivity contribution in [2.24, 2.45) is 5.73 Å². The maximum atomic E-state index is 12.7. The van der Waals surface area contributed by atoms with E-state index in [4.69, 9.17) is 53.2 Å². The molecular formula is C106H155N11O27. The normalized spacial score (nSPS) is 14.2. The number of carbonyl (C=O) groups excluding carboxylic acids is 15. The number of unbranched alkanes of at least 4 members (excludes halogenated alkanes) is 5. The predicted octanol–water partition coefficient (Wildman–Crippen LogP) is 14.8. The monoisotopic (exact) mass is 2010 g/mol. The van der Waals surface area contributed by atoms with Crippen LogP contribution < -0.4 is 37.6 Å². The van der Waals surface area contributed by atoms with Crippen LogP contribution in [0.2, 0.25) is 0 Å². The molecule has 0 bridgehead atoms. The molecule has 0 aliphatic carbocycles. The third-order valence-corrected chi connectivity index (χ3v) is 21.5. The summed E-state index contributed by atoms with van der Waals surface area (Å²) < 4.78 is 46.8. The van der Waals surface area contributed by atoms with Crippen LogP contribution in [0.3, 0.4) is 0 Å². The van der Waals surface area contributed by atoms with Crippen molar-refractivity contribution in [1.29, 1.82) is 0 Å². The summed E-state index contributed by atoms with van der Waals surface area (Å²) in [6.45, 7) is 27.7. The second-order valence-corrected chi connectivity index (χ2v) is 37.0. The van der Waals surface area contributed by atoms with E-state index in [-0.39, 0.29) is 81.5 Å². The lowest BCUT2D eigenvalue weighted by atomic mass is 10.1. The van der Waals surface area contributed by atoms with Crippen LogP contribution >= 0.6 is 0 Å². The van der Waals surface area contributed by atoms with Gasteiger partial charge in [0.1, 0.15) is 80.0 Å². The van der Waals surface area contributed by atoms with E-state index in [0.717, 1.165) is 53.5 Å². The van der Waals surface area contributed by atoms with Gasteiger partial charge < -0.3 is 105 Å². The number of alkyl carbamates (subject to hydrolysis) is 5. The quantitative estimate of drug-likeness (QED) is 0.00776. The van der Waals surface area contributed by atoms with E-state index in [9.17, 15) is 81.8 Å². The summed E-state index contributed by atoms with van der Waals surface area (Å²) in [6, 6.07) is 43.8. The zero-order valence-corrected chi connectivity index (χ0v) is 86.0. The zero-order chi connectivity index (χ0) is 106. The molecule has 10 amide bonds. The second kappa shape index (κ2) is 69.6. The van der Waals surface area contributed by atoms with Crippen LogP contribution in [0.15, 0.2) is 152 Å². The van der Waals surface area contributed by atoms with E-state index in [1.54, 1.807) is 11.8 Å². The third-order valence-electron chi connectivity index (χ3n) is 21.5. The van der Waals surface area contributed by atoms with Gasteiger partial charge in [0.15, 0.2) is 0 Å². The smallest absolute Gasteiger partial charge is 0.407 e. The molecule has 5 aromatic carbocycles. The lowest BCUT2D eigenvalue weighted by Crippen LogP contribution is -2.46. The lowest BCUT2D eigenvalue weighted by Gasteiger charge is -2.29. The molecule has 4 saturated heterocycles. The van der Waals surface area contributed by atoms with Crippen molar-refractivity contribution >= 4 is 95.8 Å². The average molecular weight is 2020 g/mol. The maximum Gasteiger partial charge on any atom is 0.407 e. The SMILES string of the molecule is CC.CC(C)(C)OC(=O)[C@@H](N)CCCCNC(=O)OCc1ccccc1.CC(C)(C)OC(=O)[C@H](CCCCNC(=O)OCc1ccccc1)N1CCCC1=O.CCOC(=O)CCCN[C@@H](CCCCNC(=O)OCc1ccccc1)C(=O)OC(C)(C)C.O=C(NCCCC[C@@H](C(=O)O)N1CCCC1=O)OCc1ccccc1.O=C(NCCCC[C@@H](C(=O)ON1C(=O)CCC1=O)N1CCCC1=O)OCc1ccccc1. The van der Waals surface area contributed by atoms with Gasteiger partial charge in [-0.05, 0) is 226 Å². The van der Waals surface area contributed by atoms with Crippen molar-refractivity contribution in [3.63, 3.8) is 0 Å². The molecule has 4 aliphatic rings. The van der Waals surface area contributed by atoms with Crippen molar-refractivity contribution in [1.82, 2.24) is 51.7 Å². The number of carboxylic acid groups (broad SMARTS) is 1. The number of esters is 4. The zero-order valence-electron chi connectivity index (χ0n) is 86.0. The van der Waals surface area contributed by atoms with Gasteiger partial charge in [0.25, 0.3) is 11.8 Å². The molecule has 4 aliphatic heterocycles. The first-order valence-corrected chi connectivity index (χ1v) is 50.0. The Hall–Kier alpha value is -13.3. The first kappa shape index (κ1) is 123. The Bertz CT molecular complexity index is 4660. The number of nitrogens with one attached hydrogen (secondary N) is 6. The summed E-state index contributed by atoms with van der Waals surface area (Å²) in [7, 11) is 0. The molecule has 5 atom stereocenters. The van der Waals surface area contributed by atoms with Gasteiger partial charge in [-0.2, -0.15) is 0 Å². The van der Waals surface area contributed by atoms with Crippen molar-refractivity contribution < 1.29 is 129 Å². The summed E-state index contributed by atoms with van der Waals surface area (Å²) in [4.78, 5) is 200. The minimum Gasteiger partial charge on any atom is -0.480 e. The molecule has 4 heterocycles. The summed E-state index contributed by atoms with van der Waals surface area (Å²) in [6.07, 6.45) is 10.7. The highest BCUT2D eigenvalue weighted by Gasteiger charge is 2.41. The third kappa shape index (κ3) is 54.8. The van der Waals surface area contributed by atoms with Crippen LogP contribution in [-0.4, -0.2) is 233 Å². The Morgan fingerprint density at radius 2 is 0.625 bits per heavy atom. The average Bonchev–Trinajstić information content (AvgIpc) is 1.69. The van der Waals surface area contributed by atoms with Crippen LogP contribution in [0.5, 0.6) is 0 Å². The summed E-state index contributed by atoms with van der Waals surface area (Å²) in [5, 5.41) is 26.4. The Balaban J connectivity index is 0.000000375. The largest absolute Gasteiger partial charge is 0.480 e. The molecule has 38 heteroatoms. The molecule has 9 N–H and O–H groups in total. The highest BCUT2D eigenvalue weighted by molar-refractivity contribution is 6.02.